The van der Waals surface area contributed by atoms with Crippen molar-refractivity contribution in [2.45, 2.75) is 60.3 Å². The van der Waals surface area contributed by atoms with E-state index in [0.717, 1.165) is 63.8 Å². The average Bonchev–Trinajstić information content (AvgIpc) is 3.21. The molecule has 6 aromatic carbocycles. The van der Waals surface area contributed by atoms with Crippen molar-refractivity contribution in [3.8, 4) is 11.5 Å². The number of rotatable bonds is 14. The number of carbonyl (C=O) groups is 2. The van der Waals surface area contributed by atoms with Crippen molar-refractivity contribution < 1.29 is 19.1 Å². The zero-order chi connectivity index (χ0) is 41.6. The number of esters is 2. The largest absolute Gasteiger partial charge is 0.423 e. The predicted molar refractivity (Wildman–Crippen MR) is 239 cm³/mol. The molecule has 0 N–H and O–H groups in total. The van der Waals surface area contributed by atoms with Gasteiger partial charge in [-0.25, -0.2) is 9.59 Å². The molecule has 0 aliphatic rings. The summed E-state index contributed by atoms with van der Waals surface area (Å²) in [6.07, 6.45) is 3.27. The summed E-state index contributed by atoms with van der Waals surface area (Å²) in [7, 11) is 0. The molecule has 0 amide bonds. The van der Waals surface area contributed by atoms with Crippen molar-refractivity contribution in [1.29, 1.82) is 0 Å². The lowest BCUT2D eigenvalue weighted by Crippen LogP contribution is -2.26. The molecule has 6 nitrogen and oxygen atoms in total. The van der Waals surface area contributed by atoms with Crippen molar-refractivity contribution in [2.24, 2.45) is 5.92 Å². The van der Waals surface area contributed by atoms with Crippen LogP contribution in [0, 0.1) is 33.6 Å². The summed E-state index contributed by atoms with van der Waals surface area (Å²) in [5.41, 5.74) is 12.9. The highest BCUT2D eigenvalue weighted by atomic mass is 16.5. The van der Waals surface area contributed by atoms with Crippen LogP contribution in [0.2, 0.25) is 0 Å². The normalized spacial score (nSPS) is 11.2. The molecule has 0 bridgehead atoms. The highest BCUT2D eigenvalue weighted by Gasteiger charge is 2.31. The van der Waals surface area contributed by atoms with Gasteiger partial charge in [-0.15, -0.1) is 0 Å². The lowest BCUT2D eigenvalue weighted by Gasteiger charge is -2.34. The highest BCUT2D eigenvalue weighted by molar-refractivity contribution is 5.85. The monoisotopic (exact) mass is 768 g/mol. The van der Waals surface area contributed by atoms with Gasteiger partial charge in [-0.3, -0.25) is 0 Å². The minimum absolute atomic E-state index is 0.284. The molecule has 6 aromatic rings. The van der Waals surface area contributed by atoms with E-state index >= 15 is 0 Å². The van der Waals surface area contributed by atoms with E-state index in [4.69, 9.17) is 9.47 Å². The van der Waals surface area contributed by atoms with Gasteiger partial charge in [-0.1, -0.05) is 93.6 Å². The van der Waals surface area contributed by atoms with Crippen LogP contribution >= 0.6 is 0 Å². The smallest absolute Gasteiger partial charge is 0.335 e. The number of hydrogen-bond donors (Lipinski definition) is 0. The van der Waals surface area contributed by atoms with Gasteiger partial charge < -0.3 is 19.3 Å². The van der Waals surface area contributed by atoms with Gasteiger partial charge in [-0.05, 0) is 147 Å². The van der Waals surface area contributed by atoms with E-state index in [1.165, 1.54) is 22.3 Å². The Balaban J connectivity index is 1.37. The Morgan fingerprint density at radius 2 is 0.879 bits per heavy atom. The Labute approximate surface area is 343 Å². The molecule has 0 aliphatic heterocycles. The number of carbonyl (C=O) groups excluding carboxylic acids is 2. The first-order chi connectivity index (χ1) is 27.8. The summed E-state index contributed by atoms with van der Waals surface area (Å²) in [6.45, 7) is 22.4. The molecule has 0 aromatic heterocycles. The van der Waals surface area contributed by atoms with E-state index in [2.05, 4.69) is 156 Å². The highest BCUT2D eigenvalue weighted by Crippen LogP contribution is 2.44. The molecule has 6 heteroatoms. The second-order valence-electron chi connectivity index (χ2n) is 15.5. The summed E-state index contributed by atoms with van der Waals surface area (Å²) >= 11 is 0. The fourth-order valence-corrected chi connectivity index (χ4v) is 7.78. The molecule has 0 saturated heterocycles. The lowest BCUT2D eigenvalue weighted by molar-refractivity contribution is -0.129. The first kappa shape index (κ1) is 41.0. The molecular formula is C52H52N2O4. The second-order valence-corrected chi connectivity index (χ2v) is 15.5. The molecule has 0 aliphatic carbocycles. The number of benzene rings is 6. The van der Waals surface area contributed by atoms with Crippen LogP contribution in [-0.2, 0) is 15.0 Å². The van der Waals surface area contributed by atoms with Gasteiger partial charge in [0.1, 0.15) is 11.5 Å². The van der Waals surface area contributed by atoms with Crippen LogP contribution < -0.4 is 19.3 Å². The van der Waals surface area contributed by atoms with E-state index in [-0.39, 0.29) is 5.41 Å². The Hall–Kier alpha value is -6.66. The van der Waals surface area contributed by atoms with Gasteiger partial charge in [0.2, 0.25) is 0 Å². The van der Waals surface area contributed by atoms with Crippen LogP contribution in [0.25, 0.3) is 0 Å². The zero-order valence-electron chi connectivity index (χ0n) is 34.6. The maximum Gasteiger partial charge on any atom is 0.335 e. The topological polar surface area (TPSA) is 59.1 Å². The van der Waals surface area contributed by atoms with E-state index in [0.29, 0.717) is 17.4 Å². The predicted octanol–water partition coefficient (Wildman–Crippen LogP) is 13.4. The minimum atomic E-state index is -0.493. The summed E-state index contributed by atoms with van der Waals surface area (Å²) in [5, 5.41) is 0. The van der Waals surface area contributed by atoms with Gasteiger partial charge in [0, 0.05) is 51.7 Å². The SMILES string of the molecule is C=CC(=O)Oc1ccc(N(c2ccc(C(C)(CC(C)C)c3ccc(N(c4ccc(OC(=O)C=C)cc4)c4ccc(C)cc4C)cc3)cc2)c2ccc(C)cc2C)cc1. The van der Waals surface area contributed by atoms with E-state index in [1.807, 2.05) is 48.5 Å². The summed E-state index contributed by atoms with van der Waals surface area (Å²) in [5.74, 6) is 0.369. The lowest BCUT2D eigenvalue weighted by atomic mass is 9.71. The average molecular weight is 769 g/mol. The van der Waals surface area contributed by atoms with Crippen molar-refractivity contribution >= 4 is 46.1 Å². The van der Waals surface area contributed by atoms with E-state index < -0.39 is 11.9 Å². The first-order valence-electron chi connectivity index (χ1n) is 19.6. The molecular weight excluding hydrogens is 717 g/mol. The molecule has 58 heavy (non-hydrogen) atoms. The van der Waals surface area contributed by atoms with Crippen LogP contribution in [0.15, 0.2) is 159 Å². The second kappa shape index (κ2) is 17.6. The van der Waals surface area contributed by atoms with Crippen LogP contribution in [0.4, 0.5) is 34.1 Å². The van der Waals surface area contributed by atoms with Crippen molar-refractivity contribution in [2.75, 3.05) is 9.80 Å². The van der Waals surface area contributed by atoms with Crippen molar-refractivity contribution in [3.05, 3.63) is 192 Å². The van der Waals surface area contributed by atoms with Gasteiger partial charge >= 0.3 is 11.9 Å². The van der Waals surface area contributed by atoms with Crippen molar-refractivity contribution in [3.63, 3.8) is 0 Å². The number of anilines is 6. The quantitative estimate of drug-likeness (QED) is 0.0625. The van der Waals surface area contributed by atoms with E-state index in [9.17, 15) is 9.59 Å². The van der Waals surface area contributed by atoms with Crippen LogP contribution in [-0.4, -0.2) is 11.9 Å². The third-order valence-electron chi connectivity index (χ3n) is 10.5. The van der Waals surface area contributed by atoms with Gasteiger partial charge in [0.25, 0.3) is 0 Å². The fourth-order valence-electron chi connectivity index (χ4n) is 7.78. The maximum atomic E-state index is 11.9. The van der Waals surface area contributed by atoms with Crippen molar-refractivity contribution in [1.82, 2.24) is 0 Å². The van der Waals surface area contributed by atoms with E-state index in [1.54, 1.807) is 0 Å². The van der Waals surface area contributed by atoms with Crippen LogP contribution in [0.5, 0.6) is 11.5 Å². The third-order valence-corrected chi connectivity index (χ3v) is 10.5. The Morgan fingerprint density at radius 3 is 1.17 bits per heavy atom. The summed E-state index contributed by atoms with van der Waals surface area (Å²) in [4.78, 5) is 28.2. The molecule has 0 atom stereocenters. The number of hydrogen-bond acceptors (Lipinski definition) is 6. The van der Waals surface area contributed by atoms with Gasteiger partial charge in [0.15, 0.2) is 0 Å². The summed E-state index contributed by atoms with van der Waals surface area (Å²) < 4.78 is 10.7. The fraction of sp³-hybridized carbons (Fsp3) is 0.192. The number of nitrogens with zero attached hydrogens (tertiary/aromatic N) is 2. The third kappa shape index (κ3) is 9.14. The molecule has 0 spiro atoms. The number of aryl methyl sites for hydroxylation is 4. The minimum Gasteiger partial charge on any atom is -0.423 e. The Morgan fingerprint density at radius 1 is 0.552 bits per heavy atom. The van der Waals surface area contributed by atoms with Gasteiger partial charge in [-0.2, -0.15) is 0 Å². The molecule has 0 fully saturated rings. The summed E-state index contributed by atoms with van der Waals surface area (Å²) in [6, 6.07) is 45.9. The molecule has 0 unspecified atom stereocenters. The Bertz CT molecular complexity index is 2250. The zero-order valence-corrected chi connectivity index (χ0v) is 34.6. The maximum absolute atomic E-state index is 11.9. The number of ether oxygens (including phenoxy) is 2. The molecule has 6 rings (SSSR count). The molecule has 0 saturated carbocycles. The first-order valence-corrected chi connectivity index (χ1v) is 19.6. The Kier molecular flexibility index (Phi) is 12.5. The van der Waals surface area contributed by atoms with Crippen LogP contribution in [0.1, 0.15) is 60.6 Å². The standard InChI is InChI=1S/C52H52N2O4/c1-10-50(55)57-46-26-22-44(23-27-46)53(48-30-12-36(5)32-38(48)7)42-18-14-40(15-19-42)52(9,34-35(3)4)41-16-20-43(21-17-41)54(49-31-13-37(6)33-39(49)8)45-24-28-47(29-25-45)58-51(56)11-2/h10-33,35H,1-2,34H2,3-9H3. The molecule has 0 heterocycles. The van der Waals surface area contributed by atoms with Gasteiger partial charge in [0.05, 0.1) is 0 Å². The molecule has 0 radical (unpaired) electrons. The van der Waals surface area contributed by atoms with Crippen LogP contribution in [0.3, 0.4) is 0 Å². The molecule has 294 valence electrons.